The second-order valence-electron chi connectivity index (χ2n) is 14.8. The second kappa shape index (κ2) is 16.1. The lowest BCUT2D eigenvalue weighted by Crippen LogP contribution is -2.54. The lowest BCUT2D eigenvalue weighted by atomic mass is 9.86. The van der Waals surface area contributed by atoms with Gasteiger partial charge in [-0.1, -0.05) is 103 Å². The largest absolute Gasteiger partial charge is 0.497 e. The van der Waals surface area contributed by atoms with Crippen molar-refractivity contribution in [1.82, 2.24) is 15.0 Å². The molecule has 7 rings (SSSR count). The smallest absolute Gasteiger partial charge is 0.247 e. The van der Waals surface area contributed by atoms with Crippen LogP contribution in [0.15, 0.2) is 114 Å². The van der Waals surface area contributed by atoms with Crippen molar-refractivity contribution < 1.29 is 24.1 Å². The van der Waals surface area contributed by atoms with Gasteiger partial charge in [0, 0.05) is 44.2 Å². The quantitative estimate of drug-likeness (QED) is 0.128. The molecule has 5 aromatic rings. The van der Waals surface area contributed by atoms with Gasteiger partial charge in [-0.05, 0) is 53.4 Å². The summed E-state index contributed by atoms with van der Waals surface area (Å²) in [4.78, 5) is 13.2. The molecular weight excluding hydrogens is 695 g/mol. The molecule has 0 bridgehead atoms. The van der Waals surface area contributed by atoms with E-state index in [4.69, 9.17) is 19.3 Å². The number of amides is 1. The van der Waals surface area contributed by atoms with E-state index < -0.39 is 8.07 Å². The van der Waals surface area contributed by atoms with Gasteiger partial charge in [0.2, 0.25) is 5.91 Å². The second-order valence-corrected chi connectivity index (χ2v) is 19.6. The number of fused-ring (bicyclic) bond motifs is 1. The fourth-order valence-electron chi connectivity index (χ4n) is 8.17. The number of hydrogen-bond acceptors (Lipinski definition) is 8. The van der Waals surface area contributed by atoms with Gasteiger partial charge < -0.3 is 19.3 Å². The molecule has 2 aliphatic heterocycles. The fraction of sp³-hybridized carbons (Fsp3) is 0.349. The third-order valence-corrected chi connectivity index (χ3v) is 15.6. The lowest BCUT2D eigenvalue weighted by molar-refractivity contribution is -0.118. The van der Waals surface area contributed by atoms with Crippen LogP contribution in [0.5, 0.6) is 11.5 Å². The van der Waals surface area contributed by atoms with E-state index in [2.05, 4.69) is 42.5 Å². The van der Waals surface area contributed by atoms with Crippen LogP contribution < -0.4 is 19.7 Å². The summed E-state index contributed by atoms with van der Waals surface area (Å²) in [5.41, 5.74) is 5.40. The van der Waals surface area contributed by atoms with E-state index in [0.717, 1.165) is 46.0 Å². The normalized spacial score (nSPS) is 19.7. The Kier molecular flexibility index (Phi) is 11.1. The maximum absolute atomic E-state index is 13.2. The molecule has 2 unspecified atom stereocenters. The number of anilines is 1. The molecule has 1 N–H and O–H groups in total. The number of benzene rings is 4. The number of methoxy groups -OCH3 is 2. The van der Waals surface area contributed by atoms with E-state index in [1.165, 1.54) is 10.2 Å². The molecule has 0 radical (unpaired) electrons. The molecule has 0 saturated carbocycles. The molecule has 1 amide bonds. The van der Waals surface area contributed by atoms with Gasteiger partial charge in [0.05, 0.1) is 50.9 Å². The molecule has 0 saturated heterocycles. The molecule has 0 aliphatic carbocycles. The highest BCUT2D eigenvalue weighted by atomic mass is 28.3. The summed E-state index contributed by atoms with van der Waals surface area (Å²) in [5.74, 6) is 1.28. The van der Waals surface area contributed by atoms with Crippen molar-refractivity contribution >= 4 is 30.6 Å². The van der Waals surface area contributed by atoms with Crippen molar-refractivity contribution in [2.45, 2.75) is 69.5 Å². The van der Waals surface area contributed by atoms with E-state index in [-0.39, 0.29) is 42.1 Å². The summed E-state index contributed by atoms with van der Waals surface area (Å²) in [7, 11) is 1.18. The number of nitrogens with zero attached hydrogens (tertiary/aromatic N) is 5. The van der Waals surface area contributed by atoms with Gasteiger partial charge in [0.1, 0.15) is 17.6 Å². The predicted octanol–water partition coefficient (Wildman–Crippen LogP) is 7.10. The number of hydrazone groups is 1. The minimum atomic E-state index is -2.26. The zero-order chi connectivity index (χ0) is 37.8. The highest BCUT2D eigenvalue weighted by Gasteiger charge is 2.47. The van der Waals surface area contributed by atoms with Crippen LogP contribution in [-0.2, 0) is 16.1 Å². The number of aryl methyl sites for hydroxylation is 1. The van der Waals surface area contributed by atoms with Crippen LogP contribution in [0, 0.1) is 5.92 Å². The molecule has 10 nitrogen and oxygen atoms in total. The third kappa shape index (κ3) is 7.48. The molecular formula is C43H49N5O5Si. The number of hydrogen-bond donors (Lipinski definition) is 1. The van der Waals surface area contributed by atoms with Crippen molar-refractivity contribution in [1.29, 1.82) is 0 Å². The average Bonchev–Trinajstić information content (AvgIpc) is 3.67. The van der Waals surface area contributed by atoms with Crippen molar-refractivity contribution in [2.75, 3.05) is 25.8 Å². The van der Waals surface area contributed by atoms with Crippen LogP contribution in [0.1, 0.15) is 60.6 Å². The van der Waals surface area contributed by atoms with Gasteiger partial charge in [-0.15, -0.1) is 5.10 Å². The summed E-state index contributed by atoms with van der Waals surface area (Å²) >= 11 is 0. The van der Waals surface area contributed by atoms with Crippen LogP contribution in [0.2, 0.25) is 18.6 Å². The number of aliphatic hydroxyl groups excluding tert-OH is 1. The highest BCUT2D eigenvalue weighted by Crippen LogP contribution is 2.48. The van der Waals surface area contributed by atoms with Gasteiger partial charge in [-0.2, -0.15) is 5.10 Å². The van der Waals surface area contributed by atoms with Crippen LogP contribution >= 0.6 is 0 Å². The fourth-order valence-corrected chi connectivity index (χ4v) is 11.7. The van der Waals surface area contributed by atoms with E-state index in [0.29, 0.717) is 25.1 Å². The Morgan fingerprint density at radius 3 is 2.35 bits per heavy atom. The van der Waals surface area contributed by atoms with Gasteiger partial charge in [0.15, 0.2) is 0 Å². The number of aliphatic hydroxyl groups is 1. The molecule has 4 aromatic carbocycles. The first-order valence-corrected chi connectivity index (χ1v) is 21.8. The summed E-state index contributed by atoms with van der Waals surface area (Å²) in [6, 6.07) is 34.3. The first-order valence-electron chi connectivity index (χ1n) is 18.7. The molecule has 2 aliphatic rings. The maximum atomic E-state index is 13.2. The number of aromatic nitrogens is 3. The van der Waals surface area contributed by atoms with Crippen molar-refractivity contribution in [3.63, 3.8) is 0 Å². The third-order valence-electron chi connectivity index (χ3n) is 11.3. The first-order chi connectivity index (χ1) is 26.2. The minimum Gasteiger partial charge on any atom is -0.497 e. The molecule has 3 heterocycles. The molecule has 54 heavy (non-hydrogen) atoms. The van der Waals surface area contributed by atoms with Crippen LogP contribution in [0.25, 0.3) is 0 Å². The Hall–Kier alpha value is -5.10. The topological polar surface area (TPSA) is 111 Å². The zero-order valence-electron chi connectivity index (χ0n) is 31.6. The highest BCUT2D eigenvalue weighted by molar-refractivity contribution is 6.91. The van der Waals surface area contributed by atoms with E-state index in [1.54, 1.807) is 14.2 Å². The average molecular weight is 744 g/mol. The Morgan fingerprint density at radius 2 is 1.67 bits per heavy atom. The number of rotatable bonds is 13. The number of carbonyl (C=O) groups is 1. The van der Waals surface area contributed by atoms with E-state index >= 15 is 0 Å². The molecule has 5 atom stereocenters. The van der Waals surface area contributed by atoms with Gasteiger partial charge in [-0.25, -0.2) is 5.01 Å². The lowest BCUT2D eigenvalue weighted by Gasteiger charge is -2.46. The molecule has 280 valence electrons. The Morgan fingerprint density at radius 1 is 0.944 bits per heavy atom. The molecule has 0 fully saturated rings. The van der Waals surface area contributed by atoms with Crippen molar-refractivity contribution in [2.24, 2.45) is 11.0 Å². The number of ether oxygens (including phenoxy) is 3. The summed E-state index contributed by atoms with van der Waals surface area (Å²) < 4.78 is 20.8. The summed E-state index contributed by atoms with van der Waals surface area (Å²) in [6.07, 6.45) is 3.30. The Balaban J connectivity index is 1.20. The van der Waals surface area contributed by atoms with Crippen molar-refractivity contribution in [3.05, 3.63) is 132 Å². The molecule has 0 spiro atoms. The molecule has 11 heteroatoms. The van der Waals surface area contributed by atoms with Crippen LogP contribution in [0.4, 0.5) is 5.69 Å². The number of carbonyl (C=O) groups excluding carboxylic acids is 1. The van der Waals surface area contributed by atoms with Gasteiger partial charge >= 0.3 is 0 Å². The monoisotopic (exact) mass is 743 g/mol. The van der Waals surface area contributed by atoms with Crippen LogP contribution in [-0.4, -0.2) is 66.7 Å². The van der Waals surface area contributed by atoms with Gasteiger partial charge in [0.25, 0.3) is 0 Å². The zero-order valence-corrected chi connectivity index (χ0v) is 32.6. The maximum Gasteiger partial charge on any atom is 0.247 e. The van der Waals surface area contributed by atoms with Crippen molar-refractivity contribution in [3.8, 4) is 11.5 Å². The minimum absolute atomic E-state index is 0.0173. The van der Waals surface area contributed by atoms with Crippen LogP contribution in [0.3, 0.4) is 0 Å². The Labute approximate surface area is 318 Å². The first kappa shape index (κ1) is 37.2. The Bertz CT molecular complexity index is 2070. The van der Waals surface area contributed by atoms with E-state index in [9.17, 15) is 9.90 Å². The summed E-state index contributed by atoms with van der Waals surface area (Å²) in [6.45, 7) is 7.60. The molecule has 1 aromatic heterocycles. The van der Waals surface area contributed by atoms with E-state index in [1.807, 2.05) is 102 Å². The standard InChI is InChI=1S/C43H49N5O5Si/c1-29-42(52-3)35-26-32(48-41(50)23-21-37(45-48)31-14-10-7-11-15-31)16-22-39(35)53-43(29)40(54(4,5)34-19-17-33(51-2)18-20-34)24-25-47-27-38(44-46-47)36(28-49)30-12-8-6-9-13-30/h6-20,22,26-27,29,36,40,42-43,49H,21,23-25,28H2,1-5H3/t29-,36?,40?,42-,43-/m0/s1. The predicted molar refractivity (Wildman–Crippen MR) is 213 cm³/mol. The summed E-state index contributed by atoms with van der Waals surface area (Å²) in [5, 5.41) is 27.0. The SMILES string of the molecule is COc1ccc([Si](C)(C)C(CCn2cc(C(CO)c3ccccc3)nn2)[C@H]2Oc3ccc(N4N=C(c5ccccc5)CCC4=O)cc3[C@@H](OC)[C@@H]2C)cc1. The van der Waals surface area contributed by atoms with Gasteiger partial charge in [-0.3, -0.25) is 9.48 Å².